The molecule has 14 aromatic heterocycles. The first-order valence-corrected chi connectivity index (χ1v) is 40.0. The zero-order valence-electron chi connectivity index (χ0n) is 61.8. The fourth-order valence-electron chi connectivity index (χ4n) is 23.1. The van der Waals surface area contributed by atoms with Crippen LogP contribution in [0.5, 0.6) is 0 Å². The van der Waals surface area contributed by atoms with Gasteiger partial charge in [-0.25, -0.2) is 18.3 Å². The van der Waals surface area contributed by atoms with E-state index in [9.17, 15) is 0 Å². The van der Waals surface area contributed by atoms with Gasteiger partial charge in [-0.2, -0.15) is 45.0 Å². The smallest absolute Gasteiger partial charge is 0.224 e. The van der Waals surface area contributed by atoms with Gasteiger partial charge in [0.25, 0.3) is 0 Å². The quantitative estimate of drug-likeness (QED) is 0.122. The number of rotatable bonds is 2. The molecule has 23 aromatic rings. The van der Waals surface area contributed by atoms with E-state index in [4.69, 9.17) is 0 Å². The van der Waals surface area contributed by atoms with Crippen molar-refractivity contribution in [1.29, 1.82) is 0 Å². The van der Waals surface area contributed by atoms with Gasteiger partial charge in [0.05, 0.1) is 10.8 Å². The molecule has 113 heavy (non-hydrogen) atoms. The first-order chi connectivity index (χ1) is 56.0. The summed E-state index contributed by atoms with van der Waals surface area (Å²) in [4.78, 5) is 0. The Morgan fingerprint density at radius 1 is 0.248 bits per heavy atom. The summed E-state index contributed by atoms with van der Waals surface area (Å²) < 4.78 is 34.1. The molecule has 0 unspecified atom stereocenters. The molecule has 10 aliphatic rings. The Hall–Kier alpha value is -14.2. The lowest BCUT2D eigenvalue weighted by atomic mass is 9.98. The molecule has 10 aliphatic heterocycles. The molecule has 0 saturated heterocycles. The highest BCUT2D eigenvalue weighted by Gasteiger charge is 2.45. The summed E-state index contributed by atoms with van der Waals surface area (Å²) in [5.74, 6) is 0. The minimum Gasteiger partial charge on any atom is -0.224 e. The van der Waals surface area contributed by atoms with Gasteiger partial charge in [-0.3, -0.25) is 0 Å². The third-order valence-corrected chi connectivity index (χ3v) is 27.5. The standard InChI is InChI=1S/2C22H15N3.C20H13N3.C18H12N2.C17H13N3/c1-2-5-14(6-3-1)18-13-25-17-8-4-7-15-11-23-10-9-16-12-24(18)22(25)20(16)21(23)19(15)17;1-2-5-14(6-3-1)18-13-24-12-16-9-10-23-11-15-7-4-8-17-19(15)21(23)20(16)22(24)25(17)18;1-2-6-15-14(5-1)22-11-13-8-9-21-10-12-4-3-7-16-17(12)19(21)18(13)20(22)23(15)16;1-3-11-9-20-8-6-12-10-19-7-2-5-14-13(4-1)15(11)18(20)16(12)17(14)19;1-10-7-20-13-4-2-3-11-8-18-6-5-12-9-19(10)17(20)15(12)16(18)14(11)13/h2*1-10,13H,11-12H2;1-9H,10-11H2;1-8H,9-10H2;2-7H,8-9H2,1H3/q5*+2. The number of para-hydroxylation sites is 2. The molecule has 0 bridgehead atoms. The van der Waals surface area contributed by atoms with E-state index < -0.39 is 0 Å². The summed E-state index contributed by atoms with van der Waals surface area (Å²) in [5.41, 5.74) is 42.9. The molecule has 0 saturated carbocycles. The number of hydrogen-bond donors (Lipinski definition) is 0. The Kier molecular flexibility index (Phi) is 10.6. The minimum atomic E-state index is 0.957. The summed E-state index contributed by atoms with van der Waals surface area (Å²) in [6, 6.07) is 79.9. The highest BCUT2D eigenvalue weighted by atomic mass is 15.2. The molecule has 0 fully saturated rings. The Morgan fingerprint density at radius 3 is 1.31 bits per heavy atom. The molecule has 14 nitrogen and oxygen atoms in total. The molecule has 9 aromatic carbocycles. The zero-order valence-corrected chi connectivity index (χ0v) is 61.8. The van der Waals surface area contributed by atoms with Crippen LogP contribution in [-0.2, 0) is 65.4 Å². The molecule has 0 N–H and O–H groups in total. The summed E-state index contributed by atoms with van der Waals surface area (Å²) in [6.45, 7) is 12.1. The topological polar surface area (TPSA) is 57.9 Å². The Morgan fingerprint density at radius 2 is 0.673 bits per heavy atom. The van der Waals surface area contributed by atoms with Gasteiger partial charge in [-0.1, -0.05) is 140 Å². The van der Waals surface area contributed by atoms with Crippen molar-refractivity contribution < 1.29 is 45.3 Å². The molecule has 14 heteroatoms. The van der Waals surface area contributed by atoms with Crippen LogP contribution in [0, 0.1) is 6.92 Å². The van der Waals surface area contributed by atoms with Crippen molar-refractivity contribution >= 4 is 153 Å². The Bertz CT molecular complexity index is 8510. The average molecular weight is 1450 g/mol. The van der Waals surface area contributed by atoms with Gasteiger partial charge in [-0.05, 0) is 42.5 Å². The van der Waals surface area contributed by atoms with E-state index in [1.807, 2.05) is 0 Å². The van der Waals surface area contributed by atoms with Crippen molar-refractivity contribution in [3.8, 4) is 22.5 Å². The van der Waals surface area contributed by atoms with Crippen LogP contribution < -0.4 is 45.3 Å². The van der Waals surface area contributed by atoms with Crippen molar-refractivity contribution in [1.82, 2.24) is 17.9 Å². The summed E-state index contributed by atoms with van der Waals surface area (Å²) in [6.07, 6.45) is 20.4. The predicted octanol–water partition coefficient (Wildman–Crippen LogP) is 13.4. The van der Waals surface area contributed by atoms with E-state index >= 15 is 0 Å². The van der Waals surface area contributed by atoms with E-state index in [1.165, 1.54) is 237 Å². The minimum absolute atomic E-state index is 0.957. The lowest BCUT2D eigenvalue weighted by Gasteiger charge is -2.01. The van der Waals surface area contributed by atoms with Crippen LogP contribution in [0.1, 0.15) is 61.3 Å². The highest BCUT2D eigenvalue weighted by Crippen LogP contribution is 2.45. The number of aryl methyl sites for hydroxylation is 1. The van der Waals surface area contributed by atoms with Crippen LogP contribution in [0.3, 0.4) is 0 Å². The van der Waals surface area contributed by atoms with Gasteiger partial charge in [-0.15, -0.1) is 0 Å². The van der Waals surface area contributed by atoms with Crippen molar-refractivity contribution in [3.63, 3.8) is 0 Å². The van der Waals surface area contributed by atoms with Crippen LogP contribution in [0.4, 0.5) is 0 Å². The monoisotopic (exact) mass is 1450 g/mol. The number of fused-ring (bicyclic) bond motifs is 8. The lowest BCUT2D eigenvalue weighted by Crippen LogP contribution is -2.31. The Labute approximate surface area is 643 Å². The van der Waals surface area contributed by atoms with Crippen LogP contribution in [0.25, 0.3) is 176 Å². The summed E-state index contributed by atoms with van der Waals surface area (Å²) in [5, 5.41) is 17.2. The maximum absolute atomic E-state index is 2.48. The zero-order chi connectivity index (χ0) is 72.8. The third kappa shape index (κ3) is 7.16. The fourth-order valence-corrected chi connectivity index (χ4v) is 23.1. The van der Waals surface area contributed by atoms with Crippen molar-refractivity contribution in [2.24, 2.45) is 0 Å². The molecule has 24 heterocycles. The largest absolute Gasteiger partial charge is 0.302 e. The number of hydrogen-bond acceptors (Lipinski definition) is 0. The first-order valence-electron chi connectivity index (χ1n) is 40.0. The van der Waals surface area contributed by atoms with Gasteiger partial charge in [0.15, 0.2) is 98.9 Å². The summed E-state index contributed by atoms with van der Waals surface area (Å²) >= 11 is 0. The molecule has 0 aliphatic carbocycles. The van der Waals surface area contributed by atoms with Gasteiger partial charge in [0, 0.05) is 115 Å². The number of imidazole rings is 4. The molecule has 0 spiro atoms. The number of nitrogens with zero attached hydrogens (tertiary/aromatic N) is 14. The number of benzene rings is 9. The number of aromatic nitrogens is 14. The molecular formula is C99H68N14+10. The van der Waals surface area contributed by atoms with Crippen LogP contribution in [0.15, 0.2) is 274 Å². The third-order valence-electron chi connectivity index (χ3n) is 27.5. The molecular weight excluding hydrogens is 1390 g/mol. The van der Waals surface area contributed by atoms with Crippen LogP contribution in [-0.4, -0.2) is 17.9 Å². The molecule has 524 valence electrons. The van der Waals surface area contributed by atoms with Crippen LogP contribution in [0.2, 0.25) is 0 Å². The first kappa shape index (κ1) is 58.7. The van der Waals surface area contributed by atoms with Gasteiger partial charge in [0.1, 0.15) is 121 Å². The molecule has 0 atom stereocenters. The molecule has 0 radical (unpaired) electrons. The van der Waals surface area contributed by atoms with E-state index in [0.717, 1.165) is 65.4 Å². The predicted molar refractivity (Wildman–Crippen MR) is 435 cm³/mol. The lowest BCUT2D eigenvalue weighted by molar-refractivity contribution is -0.658. The van der Waals surface area contributed by atoms with Crippen LogP contribution >= 0.6 is 0 Å². The molecule has 33 rings (SSSR count). The van der Waals surface area contributed by atoms with E-state index in [0.29, 0.717) is 0 Å². The second-order valence-corrected chi connectivity index (χ2v) is 33.1. The van der Waals surface area contributed by atoms with Crippen molar-refractivity contribution in [3.05, 3.63) is 335 Å². The van der Waals surface area contributed by atoms with Gasteiger partial charge >= 0.3 is 22.6 Å². The second-order valence-electron chi connectivity index (χ2n) is 33.1. The average Bonchev–Trinajstić information content (AvgIpc) is 1.54. The van der Waals surface area contributed by atoms with E-state index in [-0.39, 0.29) is 0 Å². The van der Waals surface area contributed by atoms with E-state index in [1.54, 1.807) is 0 Å². The SMILES string of the molecule is Cc1c[n+]2c3cccc4c3c3c5c(cc[n+]3C4)Cn1c52.c1cc2c3c(c1)c1ccc[n+]4c1c1c(cc[n+](c31)C2)C4.c1cc2c3c(c1)n1c4ccccc4[n+]4c1c1c(cc[n+](c31)C2)C4.c1ccc(-c2c[n+]3c4c5c(cc[n+]6c5c5c(cccc5n24)C6)C3)cc1.c1ccc(-c2c[n+]3c4cccc5c4c4c6c(cc[n+]4C5)Cn2c63)cc1. The Balaban J connectivity index is 0.0000000735. The fraction of sp³-hybridized carbons (Fsp3) is 0.111. The maximum Gasteiger partial charge on any atom is 0.302 e. The van der Waals surface area contributed by atoms with Gasteiger partial charge < -0.3 is 0 Å². The highest BCUT2D eigenvalue weighted by molar-refractivity contribution is 6.24. The normalized spacial score (nSPS) is 14.4. The molecule has 0 amide bonds. The number of pyridine rings is 10. The maximum atomic E-state index is 2.48. The summed E-state index contributed by atoms with van der Waals surface area (Å²) in [7, 11) is 0. The van der Waals surface area contributed by atoms with Crippen molar-refractivity contribution in [2.45, 2.75) is 72.4 Å². The van der Waals surface area contributed by atoms with Gasteiger partial charge in [0.2, 0.25) is 33.1 Å². The van der Waals surface area contributed by atoms with E-state index in [2.05, 4.69) is 344 Å². The second kappa shape index (κ2) is 20.4. The van der Waals surface area contributed by atoms with Crippen molar-refractivity contribution in [2.75, 3.05) is 0 Å².